The van der Waals surface area contributed by atoms with E-state index < -0.39 is 0 Å². The second kappa shape index (κ2) is 14.8. The standard InChI is InChI=1S/C57H45BFN/c1-34-29-36(3)55(37(4)30-34)58(56-38(5)31-35(2)32-39(56)6)45-24-19-42(20-25-45)44-23-28-51-52(33-44)60-57(43-17-15-40(16-18-43)41-21-26-46(59)27-22-41)54-50-14-10-8-12-48(50)47-11-7-9-13-49(47)53(51)54/h7-33H,1-6H3. The van der Waals surface area contributed by atoms with Crippen LogP contribution in [0.4, 0.5) is 4.39 Å². The summed E-state index contributed by atoms with van der Waals surface area (Å²) < 4.78 is 13.8. The van der Waals surface area contributed by atoms with Crippen LogP contribution in [0.2, 0.25) is 0 Å². The van der Waals surface area contributed by atoms with Gasteiger partial charge in [-0.25, -0.2) is 9.37 Å². The maximum Gasteiger partial charge on any atom is 0.242 e. The van der Waals surface area contributed by atoms with Gasteiger partial charge in [0.05, 0.1) is 11.2 Å². The molecule has 0 unspecified atom stereocenters. The number of nitrogens with zero attached hydrogens (tertiary/aromatic N) is 1. The van der Waals surface area contributed by atoms with Gasteiger partial charge in [-0.2, -0.15) is 0 Å². The number of fused-ring (bicyclic) bond motifs is 8. The molecule has 9 aromatic carbocycles. The molecule has 1 aromatic heterocycles. The van der Waals surface area contributed by atoms with Gasteiger partial charge in [0.25, 0.3) is 0 Å². The SMILES string of the molecule is Cc1cc(C)c(B(c2ccc(-c3ccc4c(c3)nc(-c3ccc(-c5ccc(F)cc5)cc3)c3c5ccccc5c5ccccc5c43)cc2)c2c(C)cc(C)cc2C)c(C)c1. The highest BCUT2D eigenvalue weighted by molar-refractivity contribution is 6.96. The third-order valence-electron chi connectivity index (χ3n) is 12.6. The highest BCUT2D eigenvalue weighted by Crippen LogP contribution is 2.43. The van der Waals surface area contributed by atoms with E-state index in [1.165, 1.54) is 88.8 Å². The van der Waals surface area contributed by atoms with Crippen molar-refractivity contribution < 1.29 is 4.39 Å². The molecule has 0 spiro atoms. The van der Waals surface area contributed by atoms with Gasteiger partial charge in [0.1, 0.15) is 5.82 Å². The van der Waals surface area contributed by atoms with E-state index in [2.05, 4.69) is 181 Å². The first-order valence-corrected chi connectivity index (χ1v) is 20.9. The van der Waals surface area contributed by atoms with E-state index in [4.69, 9.17) is 4.98 Å². The highest BCUT2D eigenvalue weighted by Gasteiger charge is 2.28. The van der Waals surface area contributed by atoms with Gasteiger partial charge in [-0.15, -0.1) is 0 Å². The fraction of sp³-hybridized carbons (Fsp3) is 0.105. The van der Waals surface area contributed by atoms with Crippen molar-refractivity contribution >= 4 is 66.3 Å². The van der Waals surface area contributed by atoms with E-state index in [0.717, 1.165) is 49.8 Å². The molecule has 0 saturated carbocycles. The lowest BCUT2D eigenvalue weighted by Gasteiger charge is -2.24. The number of aromatic nitrogens is 1. The van der Waals surface area contributed by atoms with Crippen LogP contribution >= 0.6 is 0 Å². The lowest BCUT2D eigenvalue weighted by molar-refractivity contribution is 0.628. The Morgan fingerprint density at radius 2 is 0.800 bits per heavy atom. The van der Waals surface area contributed by atoms with E-state index in [-0.39, 0.29) is 12.5 Å². The maximum absolute atomic E-state index is 13.8. The van der Waals surface area contributed by atoms with E-state index >= 15 is 0 Å². The van der Waals surface area contributed by atoms with Crippen molar-refractivity contribution in [2.45, 2.75) is 41.5 Å². The van der Waals surface area contributed by atoms with Crippen molar-refractivity contribution in [1.29, 1.82) is 0 Å². The predicted molar refractivity (Wildman–Crippen MR) is 256 cm³/mol. The number of hydrogen-bond acceptors (Lipinski definition) is 1. The molecule has 288 valence electrons. The molecular formula is C57H45BFN. The molecule has 0 aliphatic rings. The van der Waals surface area contributed by atoms with Crippen molar-refractivity contribution in [2.75, 3.05) is 0 Å². The number of halogens is 1. The van der Waals surface area contributed by atoms with Gasteiger partial charge < -0.3 is 0 Å². The summed E-state index contributed by atoms with van der Waals surface area (Å²) in [4.78, 5) is 5.56. The van der Waals surface area contributed by atoms with Gasteiger partial charge >= 0.3 is 0 Å². The van der Waals surface area contributed by atoms with Crippen LogP contribution in [0.1, 0.15) is 33.4 Å². The quantitative estimate of drug-likeness (QED) is 0.121. The summed E-state index contributed by atoms with van der Waals surface area (Å²) in [5.41, 5.74) is 19.2. The van der Waals surface area contributed by atoms with Crippen LogP contribution in [-0.4, -0.2) is 11.7 Å². The Morgan fingerprint density at radius 1 is 0.383 bits per heavy atom. The largest absolute Gasteiger partial charge is 0.247 e. The van der Waals surface area contributed by atoms with Crippen molar-refractivity contribution in [3.05, 3.63) is 203 Å². The zero-order chi connectivity index (χ0) is 41.2. The Morgan fingerprint density at radius 3 is 1.33 bits per heavy atom. The number of hydrogen-bond donors (Lipinski definition) is 0. The monoisotopic (exact) mass is 773 g/mol. The van der Waals surface area contributed by atoms with Crippen molar-refractivity contribution in [3.63, 3.8) is 0 Å². The number of pyridine rings is 1. The Labute approximate surface area is 352 Å². The highest BCUT2D eigenvalue weighted by atomic mass is 19.1. The van der Waals surface area contributed by atoms with Crippen molar-refractivity contribution in [3.8, 4) is 33.5 Å². The average Bonchev–Trinajstić information content (AvgIpc) is 3.25. The second-order valence-electron chi connectivity index (χ2n) is 16.8. The third kappa shape index (κ3) is 6.37. The molecule has 1 heterocycles. The molecule has 0 amide bonds. The van der Waals surface area contributed by atoms with Crippen LogP contribution in [0, 0.1) is 47.4 Å². The Bertz CT molecular complexity index is 3210. The summed E-state index contributed by atoms with van der Waals surface area (Å²) in [5, 5.41) is 8.35. The van der Waals surface area contributed by atoms with Gasteiger partial charge in [-0.3, -0.25) is 0 Å². The maximum atomic E-state index is 13.8. The molecule has 0 atom stereocenters. The van der Waals surface area contributed by atoms with Gasteiger partial charge in [0, 0.05) is 21.7 Å². The van der Waals surface area contributed by atoms with Crippen LogP contribution in [0.25, 0.3) is 76.7 Å². The molecule has 0 bridgehead atoms. The molecule has 0 radical (unpaired) electrons. The number of aryl methyl sites for hydroxylation is 6. The molecule has 0 fully saturated rings. The van der Waals surface area contributed by atoms with Crippen LogP contribution in [0.5, 0.6) is 0 Å². The molecular weight excluding hydrogens is 728 g/mol. The van der Waals surface area contributed by atoms with Gasteiger partial charge in [-0.1, -0.05) is 195 Å². The molecule has 0 saturated heterocycles. The Balaban J connectivity index is 1.15. The summed E-state index contributed by atoms with van der Waals surface area (Å²) in [6, 6.07) is 58.1. The molecule has 10 aromatic rings. The van der Waals surface area contributed by atoms with Crippen molar-refractivity contribution in [2.24, 2.45) is 0 Å². The molecule has 0 aliphatic carbocycles. The second-order valence-corrected chi connectivity index (χ2v) is 16.8. The zero-order valence-corrected chi connectivity index (χ0v) is 35.0. The molecule has 60 heavy (non-hydrogen) atoms. The summed E-state index contributed by atoms with van der Waals surface area (Å²) in [6.45, 7) is 13.6. The first-order valence-electron chi connectivity index (χ1n) is 20.9. The normalized spacial score (nSPS) is 11.6. The smallest absolute Gasteiger partial charge is 0.242 e. The Hall–Kier alpha value is -6.84. The number of rotatable bonds is 6. The predicted octanol–water partition coefficient (Wildman–Crippen LogP) is 13.2. The van der Waals surface area contributed by atoms with Gasteiger partial charge in [0.2, 0.25) is 6.71 Å². The van der Waals surface area contributed by atoms with E-state index in [1.54, 1.807) is 0 Å². The van der Waals surface area contributed by atoms with Crippen molar-refractivity contribution in [1.82, 2.24) is 4.98 Å². The first kappa shape index (κ1) is 37.4. The molecule has 1 nitrogen and oxygen atoms in total. The lowest BCUT2D eigenvalue weighted by Crippen LogP contribution is -2.55. The summed E-state index contributed by atoms with van der Waals surface area (Å²) in [7, 11) is 0. The van der Waals surface area contributed by atoms with E-state index in [9.17, 15) is 4.39 Å². The molecule has 3 heteroatoms. The summed E-state index contributed by atoms with van der Waals surface area (Å²) >= 11 is 0. The van der Waals surface area contributed by atoms with Crippen LogP contribution in [0.3, 0.4) is 0 Å². The average molecular weight is 774 g/mol. The van der Waals surface area contributed by atoms with Crippen LogP contribution < -0.4 is 16.4 Å². The molecule has 10 rings (SSSR count). The van der Waals surface area contributed by atoms with Gasteiger partial charge in [-0.05, 0) is 104 Å². The summed E-state index contributed by atoms with van der Waals surface area (Å²) in [5.74, 6) is -0.236. The zero-order valence-electron chi connectivity index (χ0n) is 35.0. The lowest BCUT2D eigenvalue weighted by atomic mass is 9.34. The minimum Gasteiger partial charge on any atom is -0.247 e. The van der Waals surface area contributed by atoms with Crippen LogP contribution in [0.15, 0.2) is 164 Å². The minimum atomic E-state index is -0.236. The van der Waals surface area contributed by atoms with Crippen LogP contribution in [-0.2, 0) is 0 Å². The fourth-order valence-corrected chi connectivity index (χ4v) is 10.2. The minimum absolute atomic E-state index is 0.116. The molecule has 0 aliphatic heterocycles. The number of benzene rings is 9. The fourth-order valence-electron chi connectivity index (χ4n) is 10.2. The third-order valence-corrected chi connectivity index (χ3v) is 12.6. The van der Waals surface area contributed by atoms with E-state index in [0.29, 0.717) is 0 Å². The first-order chi connectivity index (χ1) is 29.1. The Kier molecular flexibility index (Phi) is 9.21. The topological polar surface area (TPSA) is 12.9 Å². The van der Waals surface area contributed by atoms with Gasteiger partial charge in [0.15, 0.2) is 0 Å². The van der Waals surface area contributed by atoms with E-state index in [1.807, 2.05) is 12.1 Å². The molecule has 0 N–H and O–H groups in total. The summed E-state index contributed by atoms with van der Waals surface area (Å²) in [6.07, 6.45) is 0.